The van der Waals surface area contributed by atoms with Gasteiger partial charge in [-0.3, -0.25) is 14.4 Å². The first-order chi connectivity index (χ1) is 11.0. The lowest BCUT2D eigenvalue weighted by Crippen LogP contribution is -2.33. The lowest BCUT2D eigenvalue weighted by molar-refractivity contribution is -0.141. The second kappa shape index (κ2) is 9.56. The molecular formula is C18H23NO4. The molecule has 0 bridgehead atoms. The van der Waals surface area contributed by atoms with Crippen LogP contribution in [0.1, 0.15) is 35.2 Å². The van der Waals surface area contributed by atoms with E-state index in [2.05, 4.69) is 11.3 Å². The fourth-order valence-electron chi connectivity index (χ4n) is 2.06. The first-order valence-electron chi connectivity index (χ1n) is 7.53. The molecule has 1 rings (SSSR count). The molecule has 0 aliphatic carbocycles. The average molecular weight is 317 g/mol. The molecule has 0 aromatic heterocycles. The van der Waals surface area contributed by atoms with Crippen molar-refractivity contribution < 1.29 is 19.1 Å². The molecule has 23 heavy (non-hydrogen) atoms. The quantitative estimate of drug-likeness (QED) is 0.399. The largest absolute Gasteiger partial charge is 0.469 e. The van der Waals surface area contributed by atoms with Crippen LogP contribution in [0.4, 0.5) is 0 Å². The maximum absolute atomic E-state index is 12.2. The lowest BCUT2D eigenvalue weighted by Gasteiger charge is -2.20. The Labute approximate surface area is 136 Å². The van der Waals surface area contributed by atoms with Crippen molar-refractivity contribution in [2.75, 3.05) is 20.2 Å². The second-order valence-corrected chi connectivity index (χ2v) is 5.24. The summed E-state index contributed by atoms with van der Waals surface area (Å²) in [6.45, 7) is 6.16. The number of esters is 1. The van der Waals surface area contributed by atoms with Crippen molar-refractivity contribution in [3.05, 3.63) is 48.0 Å². The predicted octanol–water partition coefficient (Wildman–Crippen LogP) is 2.54. The molecule has 1 aromatic carbocycles. The average Bonchev–Trinajstić information content (AvgIpc) is 2.56. The Hall–Kier alpha value is -2.43. The maximum atomic E-state index is 12.2. The zero-order valence-electron chi connectivity index (χ0n) is 13.7. The van der Waals surface area contributed by atoms with Crippen LogP contribution in [0, 0.1) is 6.92 Å². The van der Waals surface area contributed by atoms with Crippen LogP contribution in [-0.4, -0.2) is 42.8 Å². The highest BCUT2D eigenvalue weighted by Gasteiger charge is 2.16. The molecule has 0 N–H and O–H groups in total. The van der Waals surface area contributed by atoms with Crippen molar-refractivity contribution in [2.45, 2.75) is 26.2 Å². The van der Waals surface area contributed by atoms with Gasteiger partial charge in [0.05, 0.1) is 13.5 Å². The Morgan fingerprint density at radius 2 is 1.78 bits per heavy atom. The Kier molecular flexibility index (Phi) is 7.74. The fraction of sp³-hybridized carbons (Fsp3) is 0.389. The van der Waals surface area contributed by atoms with Crippen molar-refractivity contribution in [1.82, 2.24) is 4.90 Å². The molecule has 1 aromatic rings. The number of hydrogen-bond acceptors (Lipinski definition) is 4. The van der Waals surface area contributed by atoms with Crippen LogP contribution in [0.2, 0.25) is 0 Å². The van der Waals surface area contributed by atoms with Crippen molar-refractivity contribution in [2.24, 2.45) is 0 Å². The van der Waals surface area contributed by atoms with E-state index in [4.69, 9.17) is 0 Å². The number of Topliss-reactive ketones (excluding diaryl/α,β-unsaturated/α-hetero) is 1. The number of ketones is 1. The molecule has 0 saturated heterocycles. The third kappa shape index (κ3) is 6.46. The Morgan fingerprint density at radius 3 is 2.35 bits per heavy atom. The summed E-state index contributed by atoms with van der Waals surface area (Å²) in [7, 11) is 1.31. The van der Waals surface area contributed by atoms with Gasteiger partial charge in [-0.25, -0.2) is 0 Å². The molecule has 0 radical (unpaired) electrons. The number of carbonyl (C=O) groups excluding carboxylic acids is 3. The molecule has 0 heterocycles. The number of aryl methyl sites for hydroxylation is 1. The summed E-state index contributed by atoms with van der Waals surface area (Å²) in [6, 6.07) is 7.27. The van der Waals surface area contributed by atoms with Crippen molar-refractivity contribution in [1.29, 1.82) is 0 Å². The van der Waals surface area contributed by atoms with Crippen molar-refractivity contribution in [3.63, 3.8) is 0 Å². The highest BCUT2D eigenvalue weighted by molar-refractivity contribution is 5.98. The molecule has 0 spiro atoms. The van der Waals surface area contributed by atoms with E-state index in [1.807, 2.05) is 19.1 Å². The Bertz CT molecular complexity index is 563. The fourth-order valence-corrected chi connectivity index (χ4v) is 2.06. The highest BCUT2D eigenvalue weighted by Crippen LogP contribution is 2.09. The minimum Gasteiger partial charge on any atom is -0.469 e. The smallest absolute Gasteiger partial charge is 0.307 e. The van der Waals surface area contributed by atoms with Gasteiger partial charge in [0.1, 0.15) is 0 Å². The van der Waals surface area contributed by atoms with E-state index in [1.54, 1.807) is 18.2 Å². The molecule has 0 aliphatic rings. The summed E-state index contributed by atoms with van der Waals surface area (Å²) in [5.74, 6) is -0.610. The summed E-state index contributed by atoms with van der Waals surface area (Å²) in [5.41, 5.74) is 1.69. The number of hydrogen-bond donors (Lipinski definition) is 0. The molecule has 0 fully saturated rings. The number of carbonyl (C=O) groups is 3. The number of rotatable bonds is 9. The van der Waals surface area contributed by atoms with E-state index in [-0.39, 0.29) is 43.5 Å². The molecule has 0 saturated carbocycles. The highest BCUT2D eigenvalue weighted by atomic mass is 16.5. The SMILES string of the molecule is C=CCN(CCC(=O)OC)C(=O)CCC(=O)c1ccc(C)cc1. The molecule has 5 nitrogen and oxygen atoms in total. The number of amides is 1. The standard InChI is InChI=1S/C18H23NO4/c1-4-12-19(13-11-18(22)23-3)17(21)10-9-16(20)15-7-5-14(2)6-8-15/h4-8H,1,9-13H2,2-3H3. The van der Waals surface area contributed by atoms with Crippen LogP contribution < -0.4 is 0 Å². The van der Waals surface area contributed by atoms with Gasteiger partial charge in [-0.1, -0.05) is 35.9 Å². The number of nitrogens with zero attached hydrogens (tertiary/aromatic N) is 1. The monoisotopic (exact) mass is 317 g/mol. The number of benzene rings is 1. The minimum absolute atomic E-state index is 0.0649. The first-order valence-corrected chi connectivity index (χ1v) is 7.53. The zero-order valence-corrected chi connectivity index (χ0v) is 13.7. The topological polar surface area (TPSA) is 63.7 Å². The summed E-state index contributed by atoms with van der Waals surface area (Å²) in [6.07, 6.45) is 1.98. The third-order valence-electron chi connectivity index (χ3n) is 3.46. The molecule has 0 atom stereocenters. The third-order valence-corrected chi connectivity index (χ3v) is 3.46. The van der Waals surface area contributed by atoms with Crippen LogP contribution in [0.15, 0.2) is 36.9 Å². The van der Waals surface area contributed by atoms with Crippen molar-refractivity contribution >= 4 is 17.7 Å². The summed E-state index contributed by atoms with van der Waals surface area (Å²) < 4.78 is 4.57. The molecule has 0 unspecified atom stereocenters. The first kappa shape index (κ1) is 18.6. The van der Waals surface area contributed by atoms with Crippen LogP contribution in [-0.2, 0) is 14.3 Å². The number of methoxy groups -OCH3 is 1. The summed E-state index contributed by atoms with van der Waals surface area (Å²) in [4.78, 5) is 37.0. The van der Waals surface area contributed by atoms with Gasteiger partial charge in [-0.15, -0.1) is 6.58 Å². The van der Waals surface area contributed by atoms with Gasteiger partial charge < -0.3 is 9.64 Å². The van der Waals surface area contributed by atoms with Gasteiger partial charge in [0.2, 0.25) is 5.91 Å². The van der Waals surface area contributed by atoms with Gasteiger partial charge >= 0.3 is 5.97 Å². The van der Waals surface area contributed by atoms with E-state index in [0.717, 1.165) is 5.56 Å². The Balaban J connectivity index is 2.53. The van der Waals surface area contributed by atoms with Crippen molar-refractivity contribution in [3.8, 4) is 0 Å². The normalized spacial score (nSPS) is 10.0. The minimum atomic E-state index is -0.373. The van der Waals surface area contributed by atoms with E-state index in [0.29, 0.717) is 12.1 Å². The van der Waals surface area contributed by atoms with E-state index in [9.17, 15) is 14.4 Å². The van der Waals surface area contributed by atoms with Gasteiger partial charge in [-0.2, -0.15) is 0 Å². The van der Waals surface area contributed by atoms with Crippen LogP contribution >= 0.6 is 0 Å². The molecule has 1 amide bonds. The second-order valence-electron chi connectivity index (χ2n) is 5.24. The van der Waals surface area contributed by atoms with Crippen LogP contribution in [0.25, 0.3) is 0 Å². The Morgan fingerprint density at radius 1 is 1.13 bits per heavy atom. The van der Waals surface area contributed by atoms with E-state index >= 15 is 0 Å². The number of ether oxygens (including phenoxy) is 1. The van der Waals surface area contributed by atoms with Gasteiger partial charge in [-0.05, 0) is 6.92 Å². The maximum Gasteiger partial charge on any atom is 0.307 e. The van der Waals surface area contributed by atoms with E-state index in [1.165, 1.54) is 12.0 Å². The lowest BCUT2D eigenvalue weighted by atomic mass is 10.0. The van der Waals surface area contributed by atoms with Gasteiger partial charge in [0, 0.05) is 31.5 Å². The molecular weight excluding hydrogens is 294 g/mol. The molecule has 124 valence electrons. The molecule has 5 heteroatoms. The predicted molar refractivity (Wildman–Crippen MR) is 88.2 cm³/mol. The molecule has 0 aliphatic heterocycles. The van der Waals surface area contributed by atoms with Gasteiger partial charge in [0.15, 0.2) is 5.78 Å². The van der Waals surface area contributed by atoms with Crippen LogP contribution in [0.5, 0.6) is 0 Å². The summed E-state index contributed by atoms with van der Waals surface area (Å²) >= 11 is 0. The van der Waals surface area contributed by atoms with E-state index < -0.39 is 0 Å². The zero-order chi connectivity index (χ0) is 17.2. The van der Waals surface area contributed by atoms with Gasteiger partial charge in [0.25, 0.3) is 0 Å². The van der Waals surface area contributed by atoms with Crippen LogP contribution in [0.3, 0.4) is 0 Å². The summed E-state index contributed by atoms with van der Waals surface area (Å²) in [5, 5.41) is 0.